The normalized spacial score (nSPS) is 22.6. The number of aromatic nitrogens is 5. The van der Waals surface area contributed by atoms with Crippen LogP contribution in [0.15, 0.2) is 12.4 Å². The summed E-state index contributed by atoms with van der Waals surface area (Å²) in [6.07, 6.45) is 7.43. The van der Waals surface area contributed by atoms with Gasteiger partial charge < -0.3 is 4.90 Å². The molecule has 4 rings (SSSR count). The van der Waals surface area contributed by atoms with Crippen molar-refractivity contribution >= 4 is 27.6 Å². The van der Waals surface area contributed by atoms with E-state index in [1.54, 1.807) is 6.20 Å². The molecule has 0 amide bonds. The molecule has 0 aliphatic carbocycles. The smallest absolute Gasteiger partial charge is 0.227 e. The Bertz CT molecular complexity index is 901. The summed E-state index contributed by atoms with van der Waals surface area (Å²) in [6.45, 7) is 2.23. The third-order valence-corrected chi connectivity index (χ3v) is 6.76. The average molecular weight is 400 g/mol. The van der Waals surface area contributed by atoms with Crippen LogP contribution >= 0.6 is 11.6 Å². The number of sulfonamides is 1. The number of hydrogen-bond acceptors (Lipinski definition) is 6. The summed E-state index contributed by atoms with van der Waals surface area (Å²) >= 11 is 5.96. The summed E-state index contributed by atoms with van der Waals surface area (Å²) in [7, 11) is -1.31. The summed E-state index contributed by atoms with van der Waals surface area (Å²) in [6, 6.07) is 0.124. The minimum atomic E-state index is -3.21. The van der Waals surface area contributed by atoms with E-state index in [0.717, 1.165) is 38.3 Å². The van der Waals surface area contributed by atoms with Crippen molar-refractivity contribution < 1.29 is 8.42 Å². The third kappa shape index (κ3) is 3.10. The largest absolute Gasteiger partial charge is 0.341 e. The first-order valence-electron chi connectivity index (χ1n) is 8.65. The van der Waals surface area contributed by atoms with Crippen LogP contribution in [-0.4, -0.2) is 63.2 Å². The van der Waals surface area contributed by atoms with Gasteiger partial charge in [-0.3, -0.25) is 9.25 Å². The van der Waals surface area contributed by atoms with Crippen LogP contribution in [0.5, 0.6) is 0 Å². The maximum absolute atomic E-state index is 11.8. The Morgan fingerprint density at radius 2 is 1.88 bits per heavy atom. The van der Waals surface area contributed by atoms with Gasteiger partial charge in [0.1, 0.15) is 0 Å². The Hall–Kier alpha value is -1.65. The molecule has 2 fully saturated rings. The predicted molar refractivity (Wildman–Crippen MR) is 97.6 cm³/mol. The van der Waals surface area contributed by atoms with Gasteiger partial charge in [0, 0.05) is 32.9 Å². The van der Waals surface area contributed by atoms with E-state index in [2.05, 4.69) is 20.2 Å². The van der Waals surface area contributed by atoms with E-state index >= 15 is 0 Å². The van der Waals surface area contributed by atoms with Crippen molar-refractivity contribution in [3.8, 4) is 0 Å². The van der Waals surface area contributed by atoms with Crippen LogP contribution < -0.4 is 4.90 Å². The number of hydrogen-bond donors (Lipinski definition) is 0. The van der Waals surface area contributed by atoms with Crippen molar-refractivity contribution in [1.29, 1.82) is 0 Å². The van der Waals surface area contributed by atoms with Crippen molar-refractivity contribution in [2.45, 2.75) is 31.3 Å². The minimum Gasteiger partial charge on any atom is -0.341 e. The number of rotatable bonds is 4. The summed E-state index contributed by atoms with van der Waals surface area (Å²) in [5.41, 5.74) is 0. The van der Waals surface area contributed by atoms with E-state index in [9.17, 15) is 8.42 Å². The summed E-state index contributed by atoms with van der Waals surface area (Å²) in [5.74, 6) is 1.50. The van der Waals surface area contributed by atoms with Gasteiger partial charge >= 0.3 is 0 Å². The molecule has 4 heterocycles. The lowest BCUT2D eigenvalue weighted by atomic mass is 10.1. The fraction of sp³-hybridized carbons (Fsp3) is 0.667. The van der Waals surface area contributed by atoms with Gasteiger partial charge in [0.25, 0.3) is 0 Å². The molecule has 0 spiro atoms. The fourth-order valence-corrected chi connectivity index (χ4v) is 5.00. The molecule has 1 atom stereocenters. The molecule has 142 valence electrons. The van der Waals surface area contributed by atoms with E-state index in [4.69, 9.17) is 11.6 Å². The molecule has 1 unspecified atom stereocenters. The van der Waals surface area contributed by atoms with Crippen LogP contribution in [0.3, 0.4) is 0 Å². The van der Waals surface area contributed by atoms with Gasteiger partial charge in [-0.2, -0.15) is 9.40 Å². The van der Waals surface area contributed by atoms with E-state index in [1.165, 1.54) is 10.6 Å². The van der Waals surface area contributed by atoms with Crippen molar-refractivity contribution in [3.63, 3.8) is 0 Å². The Morgan fingerprint density at radius 3 is 2.42 bits per heavy atom. The van der Waals surface area contributed by atoms with E-state index in [-0.39, 0.29) is 6.04 Å². The monoisotopic (exact) mass is 399 g/mol. The molecule has 2 aromatic rings. The van der Waals surface area contributed by atoms with Crippen molar-refractivity contribution in [2.75, 3.05) is 30.8 Å². The molecule has 2 saturated heterocycles. The first-order chi connectivity index (χ1) is 12.3. The Balaban J connectivity index is 1.46. The lowest BCUT2D eigenvalue weighted by molar-refractivity contribution is 0.190. The standard InChI is InChI=1S/C15H22ClN7O2S/c1-20-14(13-5-8-23(13)26(2,24)25)18-19-15(20)21-6-3-12(4-7-21)22-10-11(16)9-17-22/h9-10,12-13H,3-8H2,1-2H3. The van der Waals surface area contributed by atoms with Gasteiger partial charge in [-0.15, -0.1) is 10.2 Å². The quantitative estimate of drug-likeness (QED) is 0.767. The van der Waals surface area contributed by atoms with Gasteiger partial charge in [-0.05, 0) is 19.3 Å². The third-order valence-electron chi connectivity index (χ3n) is 5.27. The first-order valence-corrected chi connectivity index (χ1v) is 10.9. The molecule has 0 aromatic carbocycles. The fourth-order valence-electron chi connectivity index (χ4n) is 3.76. The Morgan fingerprint density at radius 1 is 1.15 bits per heavy atom. The second-order valence-corrected chi connectivity index (χ2v) is 9.32. The van der Waals surface area contributed by atoms with E-state index < -0.39 is 10.0 Å². The molecule has 2 aliphatic heterocycles. The molecule has 11 heteroatoms. The summed E-state index contributed by atoms with van der Waals surface area (Å²) in [4.78, 5) is 2.20. The zero-order valence-electron chi connectivity index (χ0n) is 14.8. The van der Waals surface area contributed by atoms with Crippen LogP contribution in [0.4, 0.5) is 5.95 Å². The van der Waals surface area contributed by atoms with Gasteiger partial charge in [-0.1, -0.05) is 11.6 Å². The van der Waals surface area contributed by atoms with Crippen LogP contribution in [0, 0.1) is 0 Å². The molecule has 0 radical (unpaired) electrons. The maximum Gasteiger partial charge on any atom is 0.227 e. The van der Waals surface area contributed by atoms with Gasteiger partial charge in [0.2, 0.25) is 16.0 Å². The highest BCUT2D eigenvalue weighted by Gasteiger charge is 2.39. The highest BCUT2D eigenvalue weighted by atomic mass is 35.5. The number of anilines is 1. The Kier molecular flexibility index (Phi) is 4.44. The topological polar surface area (TPSA) is 89.1 Å². The molecule has 26 heavy (non-hydrogen) atoms. The molecule has 0 N–H and O–H groups in total. The second-order valence-electron chi connectivity index (χ2n) is 6.95. The Labute approximate surface area is 157 Å². The van der Waals surface area contributed by atoms with Gasteiger partial charge in [0.05, 0.1) is 29.6 Å². The van der Waals surface area contributed by atoms with Crippen molar-refractivity contribution in [3.05, 3.63) is 23.2 Å². The molecule has 0 saturated carbocycles. The number of piperidine rings is 1. The molecule has 2 aliphatic rings. The van der Waals surface area contributed by atoms with Gasteiger partial charge in [0.15, 0.2) is 5.82 Å². The van der Waals surface area contributed by atoms with Crippen LogP contribution in [-0.2, 0) is 17.1 Å². The zero-order valence-corrected chi connectivity index (χ0v) is 16.4. The average Bonchev–Trinajstić information content (AvgIpc) is 3.12. The summed E-state index contributed by atoms with van der Waals surface area (Å²) < 4.78 is 29.0. The van der Waals surface area contributed by atoms with Crippen LogP contribution in [0.1, 0.15) is 37.2 Å². The van der Waals surface area contributed by atoms with Crippen LogP contribution in [0.2, 0.25) is 5.02 Å². The predicted octanol–water partition coefficient (Wildman–Crippen LogP) is 1.21. The highest BCUT2D eigenvalue weighted by molar-refractivity contribution is 7.88. The highest BCUT2D eigenvalue weighted by Crippen LogP contribution is 2.35. The molecule has 0 bridgehead atoms. The van der Waals surface area contributed by atoms with Gasteiger partial charge in [-0.25, -0.2) is 8.42 Å². The van der Waals surface area contributed by atoms with E-state index in [0.29, 0.717) is 23.4 Å². The maximum atomic E-state index is 11.8. The second kappa shape index (κ2) is 6.50. The lowest BCUT2D eigenvalue weighted by Gasteiger charge is -2.38. The SMILES string of the molecule is Cn1c(C2CCN2S(C)(=O)=O)nnc1N1CCC(n2cc(Cl)cn2)CC1. The first kappa shape index (κ1) is 17.7. The van der Waals surface area contributed by atoms with Crippen molar-refractivity contribution in [2.24, 2.45) is 7.05 Å². The minimum absolute atomic E-state index is 0.208. The van der Waals surface area contributed by atoms with E-state index in [1.807, 2.05) is 22.5 Å². The molecular weight excluding hydrogens is 378 g/mol. The zero-order chi connectivity index (χ0) is 18.5. The number of halogens is 1. The van der Waals surface area contributed by atoms with Crippen LogP contribution in [0.25, 0.3) is 0 Å². The van der Waals surface area contributed by atoms with Crippen molar-refractivity contribution in [1.82, 2.24) is 28.9 Å². The summed E-state index contributed by atoms with van der Waals surface area (Å²) in [5, 5.41) is 13.6. The number of nitrogens with zero attached hydrogens (tertiary/aromatic N) is 7. The molecule has 2 aromatic heterocycles. The molecular formula is C15H22ClN7O2S. The lowest BCUT2D eigenvalue weighted by Crippen LogP contribution is -2.45. The molecule has 9 nitrogen and oxygen atoms in total.